The smallest absolute Gasteiger partial charge is 0.337 e. The zero-order chi connectivity index (χ0) is 28.5. The molecule has 2 heterocycles. The summed E-state index contributed by atoms with van der Waals surface area (Å²) in [4.78, 5) is 42.2. The highest BCUT2D eigenvalue weighted by molar-refractivity contribution is 7.44. The highest BCUT2D eigenvalue weighted by Crippen LogP contribution is 2.31. The van der Waals surface area contributed by atoms with Gasteiger partial charge in [-0.3, -0.25) is 9.69 Å². The third kappa shape index (κ3) is 6.04. The van der Waals surface area contributed by atoms with Crippen LogP contribution in [0.5, 0.6) is 0 Å². The Bertz CT molecular complexity index is 1520. The number of ether oxygens (including phenoxy) is 1. The molecular weight excluding hydrogens is 534 g/mol. The number of hydroxylamine groups is 1. The minimum absolute atomic E-state index is 0.142. The van der Waals surface area contributed by atoms with Crippen LogP contribution in [0.3, 0.4) is 0 Å². The number of anilines is 1. The lowest BCUT2D eigenvalue weighted by atomic mass is 10.1. The molecule has 5 rings (SSSR count). The quantitative estimate of drug-likeness (QED) is 0.177. The van der Waals surface area contributed by atoms with Crippen LogP contribution in [0.2, 0.25) is 0 Å². The number of carbonyl (C=O) groups excluding carboxylic acids is 2. The number of oxime groups is 1. The molecule has 0 fully saturated rings. The summed E-state index contributed by atoms with van der Waals surface area (Å²) in [5.41, 5.74) is 7.63. The molecule has 0 saturated carbocycles. The summed E-state index contributed by atoms with van der Waals surface area (Å²) in [6, 6.07) is 22.2. The molecule has 0 bridgehead atoms. The van der Waals surface area contributed by atoms with Crippen LogP contribution < -0.4 is 10.4 Å². The van der Waals surface area contributed by atoms with Gasteiger partial charge in [0.1, 0.15) is 12.4 Å². The normalized spacial score (nSPS) is 13.2. The molecule has 206 valence electrons. The van der Waals surface area contributed by atoms with Crippen LogP contribution in [0.1, 0.15) is 27.3 Å². The molecule has 0 atom stereocenters. The first-order chi connectivity index (χ1) is 19.6. The maximum absolute atomic E-state index is 13.5. The highest BCUT2D eigenvalue weighted by atomic mass is 32.1. The summed E-state index contributed by atoms with van der Waals surface area (Å²) in [7, 11) is 2.91. The van der Waals surface area contributed by atoms with Gasteiger partial charge in [0.25, 0.3) is 5.91 Å². The summed E-state index contributed by atoms with van der Waals surface area (Å²) in [5, 5.41) is 4.21. The molecular formula is C28H27N5O6S. The first kappa shape index (κ1) is 28.5. The van der Waals surface area contributed by atoms with Crippen molar-refractivity contribution >= 4 is 46.8 Å². The number of hydrogen-bond acceptors (Lipinski definition) is 10. The molecule has 12 heteroatoms. The van der Waals surface area contributed by atoms with Crippen LogP contribution in [0.15, 0.2) is 78.0 Å². The van der Waals surface area contributed by atoms with Crippen molar-refractivity contribution in [2.24, 2.45) is 5.16 Å². The van der Waals surface area contributed by atoms with Gasteiger partial charge in [-0.1, -0.05) is 47.6 Å². The Morgan fingerprint density at radius 3 is 2.48 bits per heavy atom. The molecule has 11 nitrogen and oxygen atoms in total. The number of fused-ring (bicyclic) bond motifs is 2. The van der Waals surface area contributed by atoms with Gasteiger partial charge in [0.2, 0.25) is 0 Å². The fourth-order valence-corrected chi connectivity index (χ4v) is 4.43. The first-order valence-corrected chi connectivity index (χ1v) is 12.6. The van der Waals surface area contributed by atoms with Crippen molar-refractivity contribution in [3.05, 3.63) is 95.3 Å². The molecule has 1 amide bonds. The molecule has 40 heavy (non-hydrogen) atoms. The zero-order valence-corrected chi connectivity index (χ0v) is 22.7. The van der Waals surface area contributed by atoms with Gasteiger partial charge >= 0.3 is 5.97 Å². The zero-order valence-electron chi connectivity index (χ0n) is 21.9. The Hall–Kier alpha value is -4.52. The standard InChI is InChI=1S/C28H27N5O5.OS/c1-36-28(35)20-13-11-19(12-14-20)18-38-31-26-21-7-3-5-9-23(21)33(27(26)34)17-25-30-22-8-4-6-10-24(22)32(25)16-15-29-37-2;1-2/h3-14,29H,15-18H2,1-2H3;/b31-26+;. The molecule has 1 aromatic heterocycles. The number of nitrogens with zero attached hydrogens (tertiary/aromatic N) is 4. The lowest BCUT2D eigenvalue weighted by Gasteiger charge is -2.18. The molecule has 1 aliphatic heterocycles. The van der Waals surface area contributed by atoms with Crippen molar-refractivity contribution in [3.8, 4) is 0 Å². The molecule has 1 aliphatic rings. The van der Waals surface area contributed by atoms with E-state index in [-0.39, 0.29) is 24.8 Å². The second-order valence-corrected chi connectivity index (χ2v) is 8.58. The van der Waals surface area contributed by atoms with Gasteiger partial charge in [-0.25, -0.2) is 15.3 Å². The number of methoxy groups -OCH3 is 1. The van der Waals surface area contributed by atoms with Crippen molar-refractivity contribution in [3.63, 3.8) is 0 Å². The van der Waals surface area contributed by atoms with E-state index in [0.717, 1.165) is 28.1 Å². The Balaban J connectivity index is 0.00000181. The third-order valence-corrected chi connectivity index (χ3v) is 6.27. The second kappa shape index (κ2) is 13.5. The van der Waals surface area contributed by atoms with Crippen LogP contribution in [0.4, 0.5) is 5.69 Å². The van der Waals surface area contributed by atoms with E-state index in [2.05, 4.69) is 27.7 Å². The number of hydrogen-bond donors (Lipinski definition) is 1. The average molecular weight is 562 g/mol. The summed E-state index contributed by atoms with van der Waals surface area (Å²) < 4.78 is 14.6. The van der Waals surface area contributed by atoms with Gasteiger partial charge in [-0.15, -0.1) is 0 Å². The number of benzene rings is 3. The van der Waals surface area contributed by atoms with E-state index in [4.69, 9.17) is 23.6 Å². The SMILES string of the molecule is CONCCn1c(CN2C(=O)/C(=N/OCc3ccc(C(=O)OC)cc3)c3ccccc32)nc2ccccc21.O=S. The molecule has 3 aromatic carbocycles. The van der Waals surface area contributed by atoms with Crippen LogP contribution in [-0.4, -0.2) is 52.1 Å². The monoisotopic (exact) mass is 561 g/mol. The van der Waals surface area contributed by atoms with E-state index in [0.29, 0.717) is 24.2 Å². The van der Waals surface area contributed by atoms with Crippen LogP contribution in [0, 0.1) is 0 Å². The molecule has 1 N–H and O–H groups in total. The van der Waals surface area contributed by atoms with Crippen LogP contribution in [0.25, 0.3) is 11.0 Å². The number of amides is 1. The molecule has 0 spiro atoms. The summed E-state index contributed by atoms with van der Waals surface area (Å²) in [5.74, 6) is 0.0791. The minimum atomic E-state index is -0.408. The van der Waals surface area contributed by atoms with E-state index < -0.39 is 5.97 Å². The van der Waals surface area contributed by atoms with Crippen molar-refractivity contribution in [2.75, 3.05) is 25.7 Å². The largest absolute Gasteiger partial charge is 0.465 e. The van der Waals surface area contributed by atoms with Gasteiger partial charge in [-0.05, 0) is 35.9 Å². The van der Waals surface area contributed by atoms with Gasteiger partial charge in [0, 0.05) is 18.7 Å². The van der Waals surface area contributed by atoms with Crippen molar-refractivity contribution in [2.45, 2.75) is 19.7 Å². The third-order valence-electron chi connectivity index (χ3n) is 6.27. The maximum atomic E-state index is 13.5. The Kier molecular flexibility index (Phi) is 9.62. The fourth-order valence-electron chi connectivity index (χ4n) is 4.43. The van der Waals surface area contributed by atoms with E-state index in [1.165, 1.54) is 7.11 Å². The summed E-state index contributed by atoms with van der Waals surface area (Å²) in [6.07, 6.45) is 0. The Labute approximate surface area is 235 Å². The number of imidazole rings is 1. The van der Waals surface area contributed by atoms with Gasteiger partial charge in [0.15, 0.2) is 18.2 Å². The average Bonchev–Trinajstić information content (AvgIpc) is 3.48. The van der Waals surface area contributed by atoms with E-state index >= 15 is 0 Å². The van der Waals surface area contributed by atoms with E-state index in [9.17, 15) is 9.59 Å². The maximum Gasteiger partial charge on any atom is 0.337 e. The fraction of sp³-hybridized carbons (Fsp3) is 0.214. The number of aromatic nitrogens is 2. The Morgan fingerprint density at radius 2 is 1.73 bits per heavy atom. The van der Waals surface area contributed by atoms with Gasteiger partial charge < -0.3 is 19.0 Å². The predicted octanol–water partition coefficient (Wildman–Crippen LogP) is 3.11. The highest BCUT2D eigenvalue weighted by Gasteiger charge is 2.35. The van der Waals surface area contributed by atoms with Gasteiger partial charge in [0.05, 0.1) is 43.0 Å². The molecule has 0 radical (unpaired) electrons. The summed E-state index contributed by atoms with van der Waals surface area (Å²) in [6.45, 7) is 1.61. The number of esters is 1. The van der Waals surface area contributed by atoms with Crippen molar-refractivity contribution in [1.29, 1.82) is 0 Å². The van der Waals surface area contributed by atoms with Crippen LogP contribution >= 0.6 is 0 Å². The lowest BCUT2D eigenvalue weighted by Crippen LogP contribution is -2.31. The first-order valence-electron chi connectivity index (χ1n) is 12.3. The van der Waals surface area contributed by atoms with E-state index in [1.807, 2.05) is 48.5 Å². The molecule has 4 aromatic rings. The number of rotatable bonds is 10. The topological polar surface area (TPSA) is 124 Å². The summed E-state index contributed by atoms with van der Waals surface area (Å²) >= 11 is 2.83. The van der Waals surface area contributed by atoms with E-state index in [1.54, 1.807) is 36.3 Å². The predicted molar refractivity (Wildman–Crippen MR) is 150 cm³/mol. The second-order valence-electron chi connectivity index (χ2n) is 8.58. The van der Waals surface area contributed by atoms with Crippen molar-refractivity contribution < 1.29 is 28.2 Å². The number of nitrogens with one attached hydrogen (secondary N) is 1. The molecule has 0 unspecified atom stereocenters. The molecule has 0 aliphatic carbocycles. The number of carbonyl (C=O) groups is 2. The van der Waals surface area contributed by atoms with Crippen molar-refractivity contribution in [1.82, 2.24) is 15.0 Å². The molecule has 0 saturated heterocycles. The van der Waals surface area contributed by atoms with Crippen LogP contribution in [-0.2, 0) is 51.4 Å². The lowest BCUT2D eigenvalue weighted by molar-refractivity contribution is -0.112. The van der Waals surface area contributed by atoms with Gasteiger partial charge in [-0.2, -0.15) is 4.21 Å². The Morgan fingerprint density at radius 1 is 1.00 bits per heavy atom. The number of para-hydroxylation sites is 3. The minimum Gasteiger partial charge on any atom is -0.465 e.